The van der Waals surface area contributed by atoms with E-state index in [2.05, 4.69) is 15.0 Å². The van der Waals surface area contributed by atoms with Gasteiger partial charge in [0.1, 0.15) is 5.01 Å². The lowest BCUT2D eigenvalue weighted by Crippen LogP contribution is -2.48. The van der Waals surface area contributed by atoms with Gasteiger partial charge in [0.2, 0.25) is 15.0 Å². The Balaban J connectivity index is 1.27. The van der Waals surface area contributed by atoms with Crippen LogP contribution in [0.1, 0.15) is 16.8 Å². The molecule has 0 unspecified atom stereocenters. The third-order valence-corrected chi connectivity index (χ3v) is 8.67. The molecule has 2 aromatic carbocycles. The van der Waals surface area contributed by atoms with Crippen molar-refractivity contribution < 1.29 is 8.42 Å². The van der Waals surface area contributed by atoms with Gasteiger partial charge in [0.25, 0.3) is 5.56 Å². The maximum atomic E-state index is 12.8. The highest BCUT2D eigenvalue weighted by Gasteiger charge is 2.27. The second-order valence-electron chi connectivity index (χ2n) is 8.47. The fraction of sp³-hybridized carbons (Fsp3) is 0.292. The molecule has 4 aromatic rings. The molecule has 0 atom stereocenters. The predicted octanol–water partition coefficient (Wildman–Crippen LogP) is 2.77. The molecule has 0 bridgehead atoms. The van der Waals surface area contributed by atoms with Crippen molar-refractivity contribution in [3.8, 4) is 10.6 Å². The van der Waals surface area contributed by atoms with Gasteiger partial charge in [-0.2, -0.15) is 13.9 Å². The summed E-state index contributed by atoms with van der Waals surface area (Å²) in [5.41, 5.74) is 3.34. The normalized spacial score (nSPS) is 15.7. The third-order valence-electron chi connectivity index (χ3n) is 5.87. The quantitative estimate of drug-likeness (QED) is 0.409. The summed E-state index contributed by atoms with van der Waals surface area (Å²) in [6.45, 7) is 4.55. The van der Waals surface area contributed by atoms with Gasteiger partial charge in [-0.1, -0.05) is 65.4 Å². The first-order chi connectivity index (χ1) is 16.4. The Morgan fingerprint density at radius 3 is 2.47 bits per heavy atom. The van der Waals surface area contributed by atoms with E-state index in [4.69, 9.17) is 0 Å². The molecule has 1 aliphatic heterocycles. The van der Waals surface area contributed by atoms with Crippen molar-refractivity contribution in [3.63, 3.8) is 0 Å². The van der Waals surface area contributed by atoms with Crippen LogP contribution in [0.5, 0.6) is 0 Å². The zero-order valence-corrected chi connectivity index (χ0v) is 20.4. The van der Waals surface area contributed by atoms with Crippen LogP contribution in [0.2, 0.25) is 0 Å². The van der Waals surface area contributed by atoms with Gasteiger partial charge in [-0.25, -0.2) is 13.4 Å². The number of hydrogen-bond acceptors (Lipinski definition) is 7. The van der Waals surface area contributed by atoms with Crippen LogP contribution in [-0.2, 0) is 22.3 Å². The standard InChI is InChI=1S/C24H25N5O3S2/c1-18-6-5-9-20(14-18)23-26-29-22(30)15-21(25-24(29)33-23)16-27-10-12-28(13-11-27)34(31,32)17-19-7-3-2-4-8-19/h2-9,14-15H,10-13,16-17H2,1H3. The first-order valence-corrected chi connectivity index (χ1v) is 13.5. The van der Waals surface area contributed by atoms with Crippen molar-refractivity contribution in [2.45, 2.75) is 19.2 Å². The van der Waals surface area contributed by atoms with Crippen LogP contribution in [0.4, 0.5) is 0 Å². The van der Waals surface area contributed by atoms with Crippen LogP contribution in [0.15, 0.2) is 65.5 Å². The molecule has 1 aliphatic rings. The number of aromatic nitrogens is 3. The molecule has 2 aromatic heterocycles. The van der Waals surface area contributed by atoms with Crippen LogP contribution in [0, 0.1) is 6.92 Å². The minimum atomic E-state index is -3.36. The van der Waals surface area contributed by atoms with Crippen molar-refractivity contribution in [1.82, 2.24) is 23.8 Å². The Morgan fingerprint density at radius 1 is 0.971 bits per heavy atom. The summed E-state index contributed by atoms with van der Waals surface area (Å²) in [6.07, 6.45) is 0. The minimum Gasteiger partial charge on any atom is -0.295 e. The molecule has 3 heterocycles. The van der Waals surface area contributed by atoms with Gasteiger partial charge in [0.15, 0.2) is 0 Å². The average molecular weight is 496 g/mol. The van der Waals surface area contributed by atoms with Crippen molar-refractivity contribution in [3.05, 3.63) is 87.8 Å². The maximum absolute atomic E-state index is 12.8. The molecule has 176 valence electrons. The molecular formula is C24H25N5O3S2. The summed E-state index contributed by atoms with van der Waals surface area (Å²) in [5, 5.41) is 5.21. The molecule has 1 saturated heterocycles. The SMILES string of the molecule is Cc1cccc(-c2nn3c(=O)cc(CN4CCN(S(=O)(=O)Cc5ccccc5)CC4)nc3s2)c1. The Hall–Kier alpha value is -2.92. The molecule has 0 spiro atoms. The van der Waals surface area contributed by atoms with E-state index in [0.29, 0.717) is 43.4 Å². The number of benzene rings is 2. The fourth-order valence-corrected chi connectivity index (χ4v) is 6.54. The predicted molar refractivity (Wildman–Crippen MR) is 133 cm³/mol. The molecule has 0 saturated carbocycles. The monoisotopic (exact) mass is 495 g/mol. The highest BCUT2D eigenvalue weighted by molar-refractivity contribution is 7.88. The summed E-state index contributed by atoms with van der Waals surface area (Å²) < 4.78 is 28.5. The lowest BCUT2D eigenvalue weighted by atomic mass is 10.1. The van der Waals surface area contributed by atoms with Gasteiger partial charge in [0.05, 0.1) is 11.4 Å². The summed E-state index contributed by atoms with van der Waals surface area (Å²) in [5.74, 6) is 0.0114. The van der Waals surface area contributed by atoms with Crippen LogP contribution < -0.4 is 5.56 Å². The summed E-state index contributed by atoms with van der Waals surface area (Å²) in [7, 11) is -3.36. The lowest BCUT2D eigenvalue weighted by molar-refractivity contribution is 0.180. The van der Waals surface area contributed by atoms with Gasteiger partial charge in [-0.3, -0.25) is 9.69 Å². The van der Waals surface area contributed by atoms with Crippen molar-refractivity contribution in [1.29, 1.82) is 0 Å². The van der Waals surface area contributed by atoms with Crippen LogP contribution >= 0.6 is 11.3 Å². The molecule has 0 aliphatic carbocycles. The number of hydrogen-bond donors (Lipinski definition) is 0. The van der Waals surface area contributed by atoms with E-state index in [0.717, 1.165) is 21.7 Å². The van der Waals surface area contributed by atoms with Gasteiger partial charge < -0.3 is 0 Å². The molecule has 0 amide bonds. The zero-order chi connectivity index (χ0) is 23.7. The third kappa shape index (κ3) is 4.95. The Kier molecular flexibility index (Phi) is 6.30. The van der Waals surface area contributed by atoms with Gasteiger partial charge in [0, 0.05) is 44.4 Å². The smallest absolute Gasteiger partial charge is 0.275 e. The second-order valence-corrected chi connectivity index (χ2v) is 11.4. The van der Waals surface area contributed by atoms with E-state index in [1.165, 1.54) is 21.9 Å². The number of aryl methyl sites for hydroxylation is 1. The van der Waals surface area contributed by atoms with Crippen LogP contribution in [-0.4, -0.2) is 58.4 Å². The van der Waals surface area contributed by atoms with Crippen LogP contribution in [0.25, 0.3) is 15.5 Å². The van der Waals surface area contributed by atoms with Crippen molar-refractivity contribution in [2.75, 3.05) is 26.2 Å². The highest BCUT2D eigenvalue weighted by Crippen LogP contribution is 2.25. The Morgan fingerprint density at radius 2 is 1.74 bits per heavy atom. The summed E-state index contributed by atoms with van der Waals surface area (Å²) in [4.78, 5) is 20.0. The van der Waals surface area contributed by atoms with E-state index in [1.54, 1.807) is 4.31 Å². The number of nitrogens with zero attached hydrogens (tertiary/aromatic N) is 5. The van der Waals surface area contributed by atoms with Gasteiger partial charge in [-0.05, 0) is 18.6 Å². The molecule has 0 N–H and O–H groups in total. The first-order valence-electron chi connectivity index (χ1n) is 11.1. The molecule has 8 nitrogen and oxygen atoms in total. The fourth-order valence-electron chi connectivity index (χ4n) is 4.10. The lowest BCUT2D eigenvalue weighted by Gasteiger charge is -2.33. The topological polar surface area (TPSA) is 87.9 Å². The number of fused-ring (bicyclic) bond motifs is 1. The molecule has 0 radical (unpaired) electrons. The summed E-state index contributed by atoms with van der Waals surface area (Å²) in [6, 6.07) is 18.8. The molecule has 34 heavy (non-hydrogen) atoms. The van der Waals surface area contributed by atoms with Crippen LogP contribution in [0.3, 0.4) is 0 Å². The molecule has 1 fully saturated rings. The molecule has 10 heteroatoms. The van der Waals surface area contributed by atoms with E-state index in [9.17, 15) is 13.2 Å². The Bertz CT molecular complexity index is 1470. The van der Waals surface area contributed by atoms with E-state index in [1.807, 2.05) is 61.5 Å². The number of piperazine rings is 1. The second kappa shape index (κ2) is 9.38. The number of sulfonamides is 1. The first kappa shape index (κ1) is 22.9. The van der Waals surface area contributed by atoms with Gasteiger partial charge >= 0.3 is 0 Å². The van der Waals surface area contributed by atoms with E-state index < -0.39 is 10.0 Å². The number of rotatable bonds is 6. The van der Waals surface area contributed by atoms with Crippen molar-refractivity contribution >= 4 is 26.3 Å². The maximum Gasteiger partial charge on any atom is 0.275 e. The largest absolute Gasteiger partial charge is 0.295 e. The molecular weight excluding hydrogens is 470 g/mol. The zero-order valence-electron chi connectivity index (χ0n) is 18.8. The Labute approximate surface area is 202 Å². The van der Waals surface area contributed by atoms with E-state index in [-0.39, 0.29) is 11.3 Å². The summed E-state index contributed by atoms with van der Waals surface area (Å²) >= 11 is 1.39. The van der Waals surface area contributed by atoms with Crippen molar-refractivity contribution in [2.24, 2.45) is 0 Å². The van der Waals surface area contributed by atoms with E-state index >= 15 is 0 Å². The van der Waals surface area contributed by atoms with Gasteiger partial charge in [-0.15, -0.1) is 0 Å². The average Bonchev–Trinajstić information content (AvgIpc) is 3.25. The molecule has 5 rings (SSSR count). The highest BCUT2D eigenvalue weighted by atomic mass is 32.2. The minimum absolute atomic E-state index is 0.0114.